The quantitative estimate of drug-likeness (QED) is 0.357. The Labute approximate surface area is 142 Å². The maximum absolute atomic E-state index is 13.1. The fourth-order valence-electron chi connectivity index (χ4n) is 2.10. The molecule has 6 nitrogen and oxygen atoms in total. The molecule has 24 heavy (non-hydrogen) atoms. The molecule has 0 aliphatic heterocycles. The topological polar surface area (TPSA) is 74.8 Å². The third-order valence-corrected chi connectivity index (χ3v) is 3.34. The highest BCUT2D eigenvalue weighted by atomic mass is 19.1. The Morgan fingerprint density at radius 3 is 2.71 bits per heavy atom. The van der Waals surface area contributed by atoms with Crippen LogP contribution in [0.1, 0.15) is 18.1 Å². The van der Waals surface area contributed by atoms with Crippen molar-refractivity contribution >= 4 is 11.9 Å². The van der Waals surface area contributed by atoms with E-state index in [-0.39, 0.29) is 18.3 Å². The number of amides is 1. The molecule has 3 N–H and O–H groups in total. The largest absolute Gasteiger partial charge is 0.383 e. The summed E-state index contributed by atoms with van der Waals surface area (Å²) in [5.41, 5.74) is 2.01. The van der Waals surface area contributed by atoms with Gasteiger partial charge in [-0.2, -0.15) is 0 Å². The summed E-state index contributed by atoms with van der Waals surface area (Å²) >= 11 is 0. The number of guanidine groups is 1. The van der Waals surface area contributed by atoms with Gasteiger partial charge in [0.1, 0.15) is 12.4 Å². The number of methoxy groups -OCH3 is 1. The second kappa shape index (κ2) is 11.4. The monoisotopic (exact) mass is 338 g/mol. The van der Waals surface area contributed by atoms with Gasteiger partial charge in [-0.15, -0.1) is 0 Å². The fourth-order valence-corrected chi connectivity index (χ4v) is 2.10. The van der Waals surface area contributed by atoms with E-state index in [1.165, 1.54) is 12.1 Å². The zero-order valence-electron chi connectivity index (χ0n) is 14.6. The van der Waals surface area contributed by atoms with Crippen molar-refractivity contribution in [1.82, 2.24) is 16.0 Å². The van der Waals surface area contributed by atoms with Crippen molar-refractivity contribution in [2.75, 3.05) is 39.9 Å². The summed E-state index contributed by atoms with van der Waals surface area (Å²) in [6.45, 7) is 6.19. The molecule has 7 heteroatoms. The highest BCUT2D eigenvalue weighted by molar-refractivity contribution is 5.84. The summed E-state index contributed by atoms with van der Waals surface area (Å²) in [4.78, 5) is 15.9. The lowest BCUT2D eigenvalue weighted by atomic mass is 10.1. The molecule has 0 aliphatic rings. The standard InChI is InChI=1S/C17H27FN4O2/c1-4-19-17(22-12-16(23)20-9-10-24-3)21-8-7-14-5-6-15(18)11-13(14)2/h5-6,11H,4,7-10,12H2,1-3H3,(H,20,23)(H2,19,21,22). The van der Waals surface area contributed by atoms with Crippen molar-refractivity contribution in [1.29, 1.82) is 0 Å². The van der Waals surface area contributed by atoms with Gasteiger partial charge in [-0.25, -0.2) is 9.38 Å². The van der Waals surface area contributed by atoms with Gasteiger partial charge in [-0.1, -0.05) is 6.07 Å². The Morgan fingerprint density at radius 1 is 1.25 bits per heavy atom. The Morgan fingerprint density at radius 2 is 2.04 bits per heavy atom. The molecule has 0 radical (unpaired) electrons. The van der Waals surface area contributed by atoms with Crippen LogP contribution < -0.4 is 16.0 Å². The van der Waals surface area contributed by atoms with E-state index in [0.29, 0.717) is 32.2 Å². The number of hydrogen-bond donors (Lipinski definition) is 3. The van der Waals surface area contributed by atoms with Crippen molar-refractivity contribution in [3.63, 3.8) is 0 Å². The molecule has 0 aliphatic carbocycles. The minimum atomic E-state index is -0.224. The minimum Gasteiger partial charge on any atom is -0.383 e. The molecule has 0 saturated carbocycles. The number of halogens is 1. The highest BCUT2D eigenvalue weighted by Gasteiger charge is 2.03. The molecular formula is C17H27FN4O2. The summed E-state index contributed by atoms with van der Waals surface area (Å²) in [6, 6.07) is 4.78. The van der Waals surface area contributed by atoms with Gasteiger partial charge in [-0.3, -0.25) is 4.79 Å². The number of hydrogen-bond acceptors (Lipinski definition) is 3. The lowest BCUT2D eigenvalue weighted by Gasteiger charge is -2.12. The van der Waals surface area contributed by atoms with Crippen LogP contribution in [0, 0.1) is 12.7 Å². The van der Waals surface area contributed by atoms with Gasteiger partial charge < -0.3 is 20.7 Å². The Balaban J connectivity index is 2.44. The number of ether oxygens (including phenoxy) is 1. The van der Waals surface area contributed by atoms with Crippen LogP contribution in [0.4, 0.5) is 4.39 Å². The molecule has 0 fully saturated rings. The smallest absolute Gasteiger partial charge is 0.241 e. The summed E-state index contributed by atoms with van der Waals surface area (Å²) < 4.78 is 18.0. The van der Waals surface area contributed by atoms with Crippen LogP contribution >= 0.6 is 0 Å². The van der Waals surface area contributed by atoms with Crippen molar-refractivity contribution in [3.05, 3.63) is 35.1 Å². The average molecular weight is 338 g/mol. The maximum Gasteiger partial charge on any atom is 0.241 e. The van der Waals surface area contributed by atoms with Gasteiger partial charge in [0, 0.05) is 26.7 Å². The van der Waals surface area contributed by atoms with Gasteiger partial charge >= 0.3 is 0 Å². The molecular weight excluding hydrogens is 311 g/mol. The van der Waals surface area contributed by atoms with Crippen LogP contribution in [-0.2, 0) is 16.0 Å². The Bertz CT molecular complexity index is 549. The molecule has 0 heterocycles. The first kappa shape index (κ1) is 19.9. The number of nitrogens with zero attached hydrogens (tertiary/aromatic N) is 1. The van der Waals surface area contributed by atoms with Gasteiger partial charge in [0.15, 0.2) is 5.96 Å². The fraction of sp³-hybridized carbons (Fsp3) is 0.529. The molecule has 0 unspecified atom stereocenters. The molecule has 134 valence electrons. The van der Waals surface area contributed by atoms with E-state index in [1.807, 2.05) is 13.8 Å². The van der Waals surface area contributed by atoms with Crippen molar-refractivity contribution in [2.45, 2.75) is 20.3 Å². The molecule has 1 rings (SSSR count). The highest BCUT2D eigenvalue weighted by Crippen LogP contribution is 2.10. The van der Waals surface area contributed by atoms with Gasteiger partial charge in [0.2, 0.25) is 5.91 Å². The van der Waals surface area contributed by atoms with Crippen LogP contribution in [0.15, 0.2) is 23.2 Å². The van der Waals surface area contributed by atoms with E-state index in [9.17, 15) is 9.18 Å². The first-order valence-corrected chi connectivity index (χ1v) is 8.09. The van der Waals surface area contributed by atoms with Gasteiger partial charge in [0.05, 0.1) is 6.61 Å². The summed E-state index contributed by atoms with van der Waals surface area (Å²) in [5, 5.41) is 8.98. The zero-order valence-corrected chi connectivity index (χ0v) is 14.6. The van der Waals surface area contributed by atoms with E-state index >= 15 is 0 Å². The summed E-state index contributed by atoms with van der Waals surface area (Å²) in [5.74, 6) is 0.205. The predicted molar refractivity (Wildman–Crippen MR) is 93.7 cm³/mol. The second-order valence-corrected chi connectivity index (χ2v) is 5.29. The number of carbonyl (C=O) groups excluding carboxylic acids is 1. The van der Waals surface area contributed by atoms with Crippen molar-refractivity contribution in [2.24, 2.45) is 4.99 Å². The molecule has 0 spiro atoms. The number of benzene rings is 1. The molecule has 0 atom stereocenters. The number of nitrogens with one attached hydrogen (secondary N) is 3. The predicted octanol–water partition coefficient (Wildman–Crippen LogP) is 0.994. The maximum atomic E-state index is 13.1. The normalized spacial score (nSPS) is 11.2. The van der Waals surface area contributed by atoms with Gasteiger partial charge in [-0.05, 0) is 43.5 Å². The lowest BCUT2D eigenvalue weighted by molar-refractivity contribution is -0.119. The summed E-state index contributed by atoms with van der Waals surface area (Å²) in [7, 11) is 1.58. The molecule has 1 aromatic carbocycles. The minimum absolute atomic E-state index is 0.0502. The molecule has 0 saturated heterocycles. The number of aliphatic imine (C=N–C) groups is 1. The molecule has 1 amide bonds. The van der Waals surface area contributed by atoms with E-state index in [0.717, 1.165) is 17.5 Å². The average Bonchev–Trinajstić information content (AvgIpc) is 2.55. The molecule has 0 aromatic heterocycles. The van der Waals surface area contributed by atoms with Gasteiger partial charge in [0.25, 0.3) is 0 Å². The SMILES string of the molecule is CCNC(=NCC(=O)NCCOC)NCCc1ccc(F)cc1C. The number of carbonyl (C=O) groups is 1. The lowest BCUT2D eigenvalue weighted by Crippen LogP contribution is -2.39. The van der Waals surface area contributed by atoms with Crippen LogP contribution in [0.25, 0.3) is 0 Å². The van der Waals surface area contributed by atoms with Crippen molar-refractivity contribution < 1.29 is 13.9 Å². The second-order valence-electron chi connectivity index (χ2n) is 5.29. The Hall–Kier alpha value is -2.15. The van der Waals surface area contributed by atoms with E-state index < -0.39 is 0 Å². The van der Waals surface area contributed by atoms with Crippen molar-refractivity contribution in [3.8, 4) is 0 Å². The third-order valence-electron chi connectivity index (χ3n) is 3.34. The number of aryl methyl sites for hydroxylation is 1. The first-order valence-electron chi connectivity index (χ1n) is 8.09. The van der Waals surface area contributed by atoms with Crippen LogP contribution in [0.2, 0.25) is 0 Å². The first-order chi connectivity index (χ1) is 11.6. The van der Waals surface area contributed by atoms with E-state index in [2.05, 4.69) is 20.9 Å². The van der Waals surface area contributed by atoms with Crippen LogP contribution in [0.5, 0.6) is 0 Å². The number of rotatable bonds is 9. The Kier molecular flexibility index (Phi) is 9.45. The van der Waals surface area contributed by atoms with Crippen LogP contribution in [0.3, 0.4) is 0 Å². The van der Waals surface area contributed by atoms with E-state index in [4.69, 9.17) is 4.74 Å². The van der Waals surface area contributed by atoms with Crippen LogP contribution in [-0.4, -0.2) is 51.8 Å². The molecule has 0 bridgehead atoms. The molecule has 1 aromatic rings. The summed E-state index contributed by atoms with van der Waals surface area (Å²) in [6.07, 6.45) is 0.747. The zero-order chi connectivity index (χ0) is 17.8. The van der Waals surface area contributed by atoms with E-state index in [1.54, 1.807) is 13.2 Å². The third kappa shape index (κ3) is 7.92.